The first-order chi connectivity index (χ1) is 6.27. The van der Waals surface area contributed by atoms with Crippen LogP contribution < -0.4 is 5.73 Å². The van der Waals surface area contributed by atoms with Crippen molar-refractivity contribution in [1.82, 2.24) is 4.98 Å². The number of hydrogen-bond donors (Lipinski definition) is 1. The van der Waals surface area contributed by atoms with Gasteiger partial charge in [-0.3, -0.25) is 0 Å². The highest BCUT2D eigenvalue weighted by Crippen LogP contribution is 2.36. The van der Waals surface area contributed by atoms with Crippen molar-refractivity contribution in [2.75, 3.05) is 0 Å². The lowest BCUT2D eigenvalue weighted by Gasteiger charge is -2.10. The van der Waals surface area contributed by atoms with E-state index in [0.717, 1.165) is 12.3 Å². The maximum Gasteiger partial charge on any atom is 0.217 e. The average Bonchev–Trinajstić information content (AvgIpc) is 2.89. The minimum Gasteiger partial charge on any atom is -0.324 e. The van der Waals surface area contributed by atoms with Crippen LogP contribution >= 0.6 is 0 Å². The van der Waals surface area contributed by atoms with Gasteiger partial charge >= 0.3 is 0 Å². The number of nitrogens with two attached hydrogens (primary N) is 1. The summed E-state index contributed by atoms with van der Waals surface area (Å²) in [5, 5.41) is 0. The molecular weight excluding hydrogens is 167 g/mol. The van der Waals surface area contributed by atoms with Crippen molar-refractivity contribution in [2.24, 2.45) is 11.7 Å². The van der Waals surface area contributed by atoms with E-state index in [1.54, 1.807) is 12.1 Å². The van der Waals surface area contributed by atoms with E-state index < -0.39 is 5.95 Å². The summed E-state index contributed by atoms with van der Waals surface area (Å²) in [4.78, 5) is 3.58. The molecule has 1 fully saturated rings. The first-order valence-electron chi connectivity index (χ1n) is 4.63. The number of pyridine rings is 1. The summed E-state index contributed by atoms with van der Waals surface area (Å²) >= 11 is 0. The lowest BCUT2D eigenvalue weighted by molar-refractivity contribution is 0.518. The van der Waals surface area contributed by atoms with Crippen LogP contribution in [0.3, 0.4) is 0 Å². The van der Waals surface area contributed by atoms with E-state index in [1.807, 2.05) is 0 Å². The SMILES string of the molecule is NC(CC1CC1)c1cccnc1F. The van der Waals surface area contributed by atoms with E-state index in [4.69, 9.17) is 5.73 Å². The highest BCUT2D eigenvalue weighted by atomic mass is 19.1. The van der Waals surface area contributed by atoms with Gasteiger partial charge in [0.2, 0.25) is 5.95 Å². The van der Waals surface area contributed by atoms with Crippen LogP contribution in [0.25, 0.3) is 0 Å². The van der Waals surface area contributed by atoms with Gasteiger partial charge in [0.1, 0.15) is 0 Å². The third kappa shape index (κ3) is 2.04. The number of hydrogen-bond acceptors (Lipinski definition) is 2. The summed E-state index contributed by atoms with van der Waals surface area (Å²) in [7, 11) is 0. The number of aromatic nitrogens is 1. The maximum atomic E-state index is 13.1. The fraction of sp³-hybridized carbons (Fsp3) is 0.500. The second-order valence-corrected chi connectivity index (χ2v) is 3.67. The zero-order valence-corrected chi connectivity index (χ0v) is 7.41. The molecule has 1 aromatic rings. The summed E-state index contributed by atoms with van der Waals surface area (Å²) in [5.41, 5.74) is 6.41. The molecule has 1 atom stereocenters. The normalized spacial score (nSPS) is 18.6. The monoisotopic (exact) mass is 180 g/mol. The molecule has 3 heteroatoms. The first kappa shape index (κ1) is 8.63. The Hall–Kier alpha value is -0.960. The minimum absolute atomic E-state index is 0.179. The molecule has 2 rings (SSSR count). The van der Waals surface area contributed by atoms with E-state index >= 15 is 0 Å². The molecule has 0 aliphatic heterocycles. The second-order valence-electron chi connectivity index (χ2n) is 3.67. The van der Waals surface area contributed by atoms with Crippen LogP contribution in [0, 0.1) is 11.9 Å². The molecule has 1 aliphatic carbocycles. The molecule has 0 radical (unpaired) electrons. The van der Waals surface area contributed by atoms with Gasteiger partial charge in [-0.2, -0.15) is 4.39 Å². The molecule has 1 saturated carbocycles. The third-order valence-electron chi connectivity index (χ3n) is 2.47. The summed E-state index contributed by atoms with van der Waals surface area (Å²) < 4.78 is 13.1. The Morgan fingerprint density at radius 3 is 3.00 bits per heavy atom. The molecule has 0 saturated heterocycles. The molecule has 0 amide bonds. The quantitative estimate of drug-likeness (QED) is 0.723. The Balaban J connectivity index is 2.09. The standard InChI is InChI=1S/C10H13FN2/c11-10-8(2-1-5-13-10)9(12)6-7-3-4-7/h1-2,5,7,9H,3-4,6,12H2. The summed E-state index contributed by atoms with van der Waals surface area (Å²) in [5.74, 6) is 0.297. The molecule has 0 spiro atoms. The van der Waals surface area contributed by atoms with Crippen LogP contribution in [-0.2, 0) is 0 Å². The van der Waals surface area contributed by atoms with E-state index in [1.165, 1.54) is 19.0 Å². The van der Waals surface area contributed by atoms with E-state index in [0.29, 0.717) is 5.56 Å². The lowest BCUT2D eigenvalue weighted by atomic mass is 10.0. The van der Waals surface area contributed by atoms with Crippen LogP contribution in [0.1, 0.15) is 30.9 Å². The molecule has 0 bridgehead atoms. The molecule has 1 unspecified atom stereocenters. The van der Waals surface area contributed by atoms with Gasteiger partial charge in [-0.1, -0.05) is 18.9 Å². The summed E-state index contributed by atoms with van der Waals surface area (Å²) in [6.07, 6.45) is 4.83. The van der Waals surface area contributed by atoms with Crippen LogP contribution in [0.4, 0.5) is 4.39 Å². The molecule has 13 heavy (non-hydrogen) atoms. The van der Waals surface area contributed by atoms with Gasteiger partial charge in [0.25, 0.3) is 0 Å². The Morgan fingerprint density at radius 2 is 2.38 bits per heavy atom. The molecule has 70 valence electrons. The van der Waals surface area contributed by atoms with Crippen LogP contribution in [0.15, 0.2) is 18.3 Å². The fourth-order valence-corrected chi connectivity index (χ4v) is 1.51. The number of nitrogens with zero attached hydrogens (tertiary/aromatic N) is 1. The highest BCUT2D eigenvalue weighted by molar-refractivity contribution is 5.15. The van der Waals surface area contributed by atoms with Crippen LogP contribution in [0.5, 0.6) is 0 Å². The van der Waals surface area contributed by atoms with Crippen molar-refractivity contribution in [1.29, 1.82) is 0 Å². The number of halogens is 1. The minimum atomic E-state index is -0.421. The molecule has 1 heterocycles. The van der Waals surface area contributed by atoms with Gasteiger partial charge < -0.3 is 5.73 Å². The van der Waals surface area contributed by atoms with Crippen molar-refractivity contribution in [2.45, 2.75) is 25.3 Å². The van der Waals surface area contributed by atoms with Gasteiger partial charge in [-0.05, 0) is 18.4 Å². The lowest BCUT2D eigenvalue weighted by Crippen LogP contribution is -2.13. The zero-order valence-electron chi connectivity index (χ0n) is 7.41. The van der Waals surface area contributed by atoms with E-state index in [9.17, 15) is 4.39 Å². The maximum absolute atomic E-state index is 13.1. The molecule has 2 nitrogen and oxygen atoms in total. The molecular formula is C10H13FN2. The second kappa shape index (κ2) is 3.42. The first-order valence-corrected chi connectivity index (χ1v) is 4.63. The number of rotatable bonds is 3. The Morgan fingerprint density at radius 1 is 1.62 bits per heavy atom. The van der Waals surface area contributed by atoms with Gasteiger partial charge in [0, 0.05) is 17.8 Å². The van der Waals surface area contributed by atoms with Gasteiger partial charge in [-0.15, -0.1) is 0 Å². The van der Waals surface area contributed by atoms with Crippen molar-refractivity contribution < 1.29 is 4.39 Å². The molecule has 1 aliphatic rings. The predicted octanol–water partition coefficient (Wildman–Crippen LogP) is 2.02. The Kier molecular flexibility index (Phi) is 2.27. The molecule has 2 N–H and O–H groups in total. The van der Waals surface area contributed by atoms with E-state index in [2.05, 4.69) is 4.98 Å². The topological polar surface area (TPSA) is 38.9 Å². The smallest absolute Gasteiger partial charge is 0.217 e. The van der Waals surface area contributed by atoms with Crippen molar-refractivity contribution >= 4 is 0 Å². The van der Waals surface area contributed by atoms with Crippen molar-refractivity contribution in [3.63, 3.8) is 0 Å². The average molecular weight is 180 g/mol. The fourth-order valence-electron chi connectivity index (χ4n) is 1.51. The predicted molar refractivity (Wildman–Crippen MR) is 48.5 cm³/mol. The van der Waals surface area contributed by atoms with E-state index in [-0.39, 0.29) is 6.04 Å². The molecule has 1 aromatic heterocycles. The highest BCUT2D eigenvalue weighted by Gasteiger charge is 2.25. The molecule has 0 aromatic carbocycles. The zero-order chi connectivity index (χ0) is 9.26. The van der Waals surface area contributed by atoms with Gasteiger partial charge in [-0.25, -0.2) is 4.98 Å². The van der Waals surface area contributed by atoms with Crippen molar-refractivity contribution in [3.05, 3.63) is 29.8 Å². The summed E-state index contributed by atoms with van der Waals surface area (Å²) in [6, 6.07) is 3.27. The van der Waals surface area contributed by atoms with Gasteiger partial charge in [0.15, 0.2) is 0 Å². The van der Waals surface area contributed by atoms with Crippen LogP contribution in [-0.4, -0.2) is 4.98 Å². The Bertz CT molecular complexity index is 297. The third-order valence-corrected chi connectivity index (χ3v) is 2.47. The van der Waals surface area contributed by atoms with Crippen molar-refractivity contribution in [3.8, 4) is 0 Å². The summed E-state index contributed by atoms with van der Waals surface area (Å²) in [6.45, 7) is 0. The largest absolute Gasteiger partial charge is 0.324 e. The van der Waals surface area contributed by atoms with Crippen LogP contribution in [0.2, 0.25) is 0 Å². The Labute approximate surface area is 77.0 Å². The van der Waals surface area contributed by atoms with Gasteiger partial charge in [0.05, 0.1) is 0 Å².